The van der Waals surface area contributed by atoms with E-state index in [-0.39, 0.29) is 0 Å². The lowest BCUT2D eigenvalue weighted by Gasteiger charge is -2.33. The smallest absolute Gasteiger partial charge is 0.122 e. The number of hydrogen-bond acceptors (Lipinski definition) is 4. The Kier molecular flexibility index (Phi) is 4.15. The largest absolute Gasteiger partial charge is 0.379 e. The van der Waals surface area contributed by atoms with Crippen LogP contribution in [0.4, 0.5) is 0 Å². The maximum Gasteiger partial charge on any atom is 0.122 e. The van der Waals surface area contributed by atoms with Gasteiger partial charge in [-0.25, -0.2) is 4.98 Å². The van der Waals surface area contributed by atoms with Gasteiger partial charge in [0.15, 0.2) is 0 Å². The number of aryl methyl sites for hydroxylation is 1. The maximum atomic E-state index is 5.61. The van der Waals surface area contributed by atoms with Crippen molar-refractivity contribution in [1.29, 1.82) is 0 Å². The first-order valence-corrected chi connectivity index (χ1v) is 7.35. The molecule has 106 valence electrons. The van der Waals surface area contributed by atoms with Gasteiger partial charge in [-0.2, -0.15) is 0 Å². The second-order valence-electron chi connectivity index (χ2n) is 5.67. The number of rotatable bonds is 4. The van der Waals surface area contributed by atoms with E-state index in [1.807, 2.05) is 19.4 Å². The minimum atomic E-state index is 0.523. The topological polar surface area (TPSA) is 51.1 Å². The molecule has 3 atom stereocenters. The Morgan fingerprint density at radius 1 is 1.53 bits per heavy atom. The van der Waals surface area contributed by atoms with Crippen LogP contribution in [0.2, 0.25) is 0 Å². The highest BCUT2D eigenvalue weighted by Crippen LogP contribution is 2.29. The van der Waals surface area contributed by atoms with Gasteiger partial charge in [0.1, 0.15) is 5.82 Å². The molecule has 1 aromatic rings. The van der Waals surface area contributed by atoms with Crippen molar-refractivity contribution < 1.29 is 4.74 Å². The van der Waals surface area contributed by atoms with Crippen LogP contribution < -0.4 is 10.6 Å². The Labute approximate surface area is 114 Å². The SMILES string of the molecule is Cn1ccnc1CNC1CCCC1C1COCCN1. The van der Waals surface area contributed by atoms with Gasteiger partial charge in [-0.05, 0) is 18.8 Å². The molecule has 0 aromatic carbocycles. The highest BCUT2D eigenvalue weighted by atomic mass is 16.5. The predicted octanol–water partition coefficient (Wildman–Crippen LogP) is 0.667. The average Bonchev–Trinajstić information content (AvgIpc) is 3.06. The number of nitrogens with one attached hydrogen (secondary N) is 2. The molecule has 0 radical (unpaired) electrons. The zero-order valence-electron chi connectivity index (χ0n) is 11.6. The number of morpholine rings is 1. The molecule has 1 saturated heterocycles. The van der Waals surface area contributed by atoms with Crippen molar-refractivity contribution in [3.05, 3.63) is 18.2 Å². The van der Waals surface area contributed by atoms with Gasteiger partial charge in [0.2, 0.25) is 0 Å². The molecule has 3 unspecified atom stereocenters. The lowest BCUT2D eigenvalue weighted by Crippen LogP contribution is -2.50. The highest BCUT2D eigenvalue weighted by Gasteiger charge is 2.34. The van der Waals surface area contributed by atoms with E-state index < -0.39 is 0 Å². The molecule has 1 saturated carbocycles. The summed E-state index contributed by atoms with van der Waals surface area (Å²) in [5.41, 5.74) is 0. The third-order valence-electron chi connectivity index (χ3n) is 4.48. The second kappa shape index (κ2) is 6.03. The van der Waals surface area contributed by atoms with Crippen LogP contribution in [0.25, 0.3) is 0 Å². The van der Waals surface area contributed by atoms with E-state index in [2.05, 4.69) is 20.2 Å². The van der Waals surface area contributed by atoms with Gasteiger partial charge in [0.05, 0.1) is 19.8 Å². The number of nitrogens with zero attached hydrogens (tertiary/aromatic N) is 2. The average molecular weight is 264 g/mol. The normalized spacial score (nSPS) is 31.7. The van der Waals surface area contributed by atoms with Crippen LogP contribution in [0.1, 0.15) is 25.1 Å². The van der Waals surface area contributed by atoms with Crippen LogP contribution in [0.5, 0.6) is 0 Å². The first-order chi connectivity index (χ1) is 9.34. The Balaban J connectivity index is 1.55. The van der Waals surface area contributed by atoms with E-state index in [9.17, 15) is 0 Å². The van der Waals surface area contributed by atoms with Crippen LogP contribution >= 0.6 is 0 Å². The summed E-state index contributed by atoms with van der Waals surface area (Å²) in [5, 5.41) is 7.30. The summed E-state index contributed by atoms with van der Waals surface area (Å²) in [7, 11) is 2.05. The van der Waals surface area contributed by atoms with Crippen LogP contribution in [0.3, 0.4) is 0 Å². The lowest BCUT2D eigenvalue weighted by molar-refractivity contribution is 0.0523. The van der Waals surface area contributed by atoms with Crippen molar-refractivity contribution in [3.63, 3.8) is 0 Å². The van der Waals surface area contributed by atoms with Gasteiger partial charge in [-0.15, -0.1) is 0 Å². The van der Waals surface area contributed by atoms with Gasteiger partial charge >= 0.3 is 0 Å². The number of hydrogen-bond donors (Lipinski definition) is 2. The Bertz CT molecular complexity index is 400. The fourth-order valence-electron chi connectivity index (χ4n) is 3.37. The number of ether oxygens (including phenoxy) is 1. The summed E-state index contributed by atoms with van der Waals surface area (Å²) in [6.45, 7) is 3.57. The summed E-state index contributed by atoms with van der Waals surface area (Å²) >= 11 is 0. The van der Waals surface area contributed by atoms with E-state index in [1.165, 1.54) is 19.3 Å². The molecule has 0 amide bonds. The minimum Gasteiger partial charge on any atom is -0.379 e. The van der Waals surface area contributed by atoms with Crippen LogP contribution in [0, 0.1) is 5.92 Å². The summed E-state index contributed by atoms with van der Waals surface area (Å²) in [5.74, 6) is 1.80. The fraction of sp³-hybridized carbons (Fsp3) is 0.786. The van der Waals surface area contributed by atoms with E-state index in [0.717, 1.165) is 32.1 Å². The summed E-state index contributed by atoms with van der Waals surface area (Å²) in [6, 6.07) is 1.12. The minimum absolute atomic E-state index is 0.523. The van der Waals surface area contributed by atoms with Gasteiger partial charge < -0.3 is 19.9 Å². The Morgan fingerprint density at radius 2 is 2.47 bits per heavy atom. The molecule has 2 fully saturated rings. The summed E-state index contributed by atoms with van der Waals surface area (Å²) in [4.78, 5) is 4.37. The van der Waals surface area contributed by atoms with E-state index in [0.29, 0.717) is 18.0 Å². The molecule has 1 aliphatic heterocycles. The van der Waals surface area contributed by atoms with Gasteiger partial charge in [-0.1, -0.05) is 6.42 Å². The third kappa shape index (κ3) is 2.99. The van der Waals surface area contributed by atoms with E-state index >= 15 is 0 Å². The van der Waals surface area contributed by atoms with Crippen molar-refractivity contribution in [2.24, 2.45) is 13.0 Å². The standard InChI is InChI=1S/C14H24N4O/c1-18-7-5-16-14(18)9-17-12-4-2-3-11(12)13-10-19-8-6-15-13/h5,7,11-13,15,17H,2-4,6,8-10H2,1H3. The first-order valence-electron chi connectivity index (χ1n) is 7.35. The fourth-order valence-corrected chi connectivity index (χ4v) is 3.37. The van der Waals surface area contributed by atoms with Gasteiger partial charge in [0.25, 0.3) is 0 Å². The first kappa shape index (κ1) is 13.1. The molecule has 0 spiro atoms. The van der Waals surface area contributed by atoms with Crippen molar-refractivity contribution in [1.82, 2.24) is 20.2 Å². The molecule has 2 aliphatic rings. The quantitative estimate of drug-likeness (QED) is 0.839. The Morgan fingerprint density at radius 3 is 3.21 bits per heavy atom. The van der Waals surface area contributed by atoms with Crippen molar-refractivity contribution in [2.45, 2.75) is 37.9 Å². The van der Waals surface area contributed by atoms with Crippen molar-refractivity contribution in [2.75, 3.05) is 19.8 Å². The molecule has 5 heteroatoms. The number of imidazole rings is 1. The number of aromatic nitrogens is 2. The molecule has 19 heavy (non-hydrogen) atoms. The molecule has 3 rings (SSSR count). The lowest BCUT2D eigenvalue weighted by atomic mass is 9.94. The molecule has 2 heterocycles. The third-order valence-corrected chi connectivity index (χ3v) is 4.48. The second-order valence-corrected chi connectivity index (χ2v) is 5.67. The molecule has 1 aliphatic carbocycles. The summed E-state index contributed by atoms with van der Waals surface area (Å²) < 4.78 is 7.69. The highest BCUT2D eigenvalue weighted by molar-refractivity contribution is 4.95. The van der Waals surface area contributed by atoms with E-state index in [1.54, 1.807) is 0 Å². The molecular weight excluding hydrogens is 240 g/mol. The van der Waals surface area contributed by atoms with Gasteiger partial charge in [0, 0.05) is 38.1 Å². The maximum absolute atomic E-state index is 5.61. The molecular formula is C14H24N4O. The van der Waals surface area contributed by atoms with Crippen LogP contribution in [-0.2, 0) is 18.3 Å². The van der Waals surface area contributed by atoms with Crippen molar-refractivity contribution >= 4 is 0 Å². The van der Waals surface area contributed by atoms with Crippen LogP contribution in [-0.4, -0.2) is 41.4 Å². The monoisotopic (exact) mass is 264 g/mol. The summed E-state index contributed by atoms with van der Waals surface area (Å²) in [6.07, 6.45) is 7.76. The molecule has 1 aromatic heterocycles. The molecule has 5 nitrogen and oxygen atoms in total. The Hall–Kier alpha value is -0.910. The molecule has 2 N–H and O–H groups in total. The zero-order valence-corrected chi connectivity index (χ0v) is 11.6. The van der Waals surface area contributed by atoms with Gasteiger partial charge in [-0.3, -0.25) is 0 Å². The predicted molar refractivity (Wildman–Crippen MR) is 73.8 cm³/mol. The van der Waals surface area contributed by atoms with Crippen LogP contribution in [0.15, 0.2) is 12.4 Å². The van der Waals surface area contributed by atoms with E-state index in [4.69, 9.17) is 4.74 Å². The molecule has 0 bridgehead atoms. The zero-order chi connectivity index (χ0) is 13.1. The van der Waals surface area contributed by atoms with Crippen molar-refractivity contribution in [3.8, 4) is 0 Å².